The minimum absolute atomic E-state index is 0.158. The molecule has 0 aliphatic heterocycles. The largest absolute Gasteiger partial charge is 0.399 e. The lowest BCUT2D eigenvalue weighted by Crippen LogP contribution is -2.09. The first kappa shape index (κ1) is 13.3. The molecule has 1 aromatic heterocycles. The Morgan fingerprint density at radius 3 is 2.67 bits per heavy atom. The van der Waals surface area contributed by atoms with Gasteiger partial charge in [0.2, 0.25) is 0 Å². The number of aromatic nitrogens is 1. The highest BCUT2D eigenvalue weighted by Gasteiger charge is 2.12. The van der Waals surface area contributed by atoms with Gasteiger partial charge in [0.25, 0.3) is 5.91 Å². The number of benzene rings is 2. The standard InChI is InChI=1S/C16H13N3OS/c17-12-6-4-5-11(9-12)16-18-10-14(21-16)15(20)19-13-7-2-1-3-8-13/h1-10H,17H2,(H,19,20). The Bertz CT molecular complexity index is 768. The summed E-state index contributed by atoms with van der Waals surface area (Å²) >= 11 is 1.34. The van der Waals surface area contributed by atoms with Gasteiger partial charge in [0.05, 0.1) is 6.20 Å². The third kappa shape index (κ3) is 3.09. The van der Waals surface area contributed by atoms with Crippen molar-refractivity contribution in [2.24, 2.45) is 0 Å². The number of hydrogen-bond acceptors (Lipinski definition) is 4. The number of hydrogen-bond donors (Lipinski definition) is 2. The Balaban J connectivity index is 1.80. The van der Waals surface area contributed by atoms with Crippen LogP contribution in [0, 0.1) is 0 Å². The highest BCUT2D eigenvalue weighted by Crippen LogP contribution is 2.26. The van der Waals surface area contributed by atoms with Crippen LogP contribution in [0.25, 0.3) is 10.6 Å². The molecule has 0 radical (unpaired) electrons. The molecule has 0 fully saturated rings. The van der Waals surface area contributed by atoms with Crippen molar-refractivity contribution in [2.75, 3.05) is 11.1 Å². The van der Waals surface area contributed by atoms with Crippen LogP contribution in [0.15, 0.2) is 60.8 Å². The van der Waals surface area contributed by atoms with Gasteiger partial charge in [-0.25, -0.2) is 4.98 Å². The summed E-state index contributed by atoms with van der Waals surface area (Å²) in [6.07, 6.45) is 1.58. The van der Waals surface area contributed by atoms with Crippen LogP contribution in [0.3, 0.4) is 0 Å². The van der Waals surface area contributed by atoms with Crippen LogP contribution >= 0.6 is 11.3 Å². The molecule has 4 nitrogen and oxygen atoms in total. The van der Waals surface area contributed by atoms with Crippen molar-refractivity contribution >= 4 is 28.6 Å². The van der Waals surface area contributed by atoms with Gasteiger partial charge in [0.15, 0.2) is 0 Å². The molecule has 0 unspecified atom stereocenters. The molecule has 0 saturated heterocycles. The summed E-state index contributed by atoms with van der Waals surface area (Å²) in [4.78, 5) is 17.0. The van der Waals surface area contributed by atoms with Crippen LogP contribution in [0.1, 0.15) is 9.67 Å². The average molecular weight is 295 g/mol. The number of nitrogen functional groups attached to an aromatic ring is 1. The van der Waals surface area contributed by atoms with Crippen LogP contribution in [-0.4, -0.2) is 10.9 Å². The van der Waals surface area contributed by atoms with Crippen molar-refractivity contribution in [3.63, 3.8) is 0 Å². The molecule has 3 rings (SSSR count). The van der Waals surface area contributed by atoms with Crippen LogP contribution in [0.5, 0.6) is 0 Å². The molecule has 0 aliphatic rings. The molecule has 0 spiro atoms. The third-order valence-electron chi connectivity index (χ3n) is 2.89. The molecular weight excluding hydrogens is 282 g/mol. The number of para-hydroxylation sites is 1. The first-order valence-corrected chi connectivity index (χ1v) is 7.22. The maximum atomic E-state index is 12.2. The zero-order chi connectivity index (χ0) is 14.7. The van der Waals surface area contributed by atoms with E-state index in [1.165, 1.54) is 11.3 Å². The van der Waals surface area contributed by atoms with Crippen molar-refractivity contribution in [1.29, 1.82) is 0 Å². The zero-order valence-corrected chi connectivity index (χ0v) is 11.9. The molecule has 3 aromatic rings. The van der Waals surface area contributed by atoms with Crippen molar-refractivity contribution < 1.29 is 4.79 Å². The summed E-state index contributed by atoms with van der Waals surface area (Å²) in [6, 6.07) is 16.8. The van der Waals surface area contributed by atoms with E-state index >= 15 is 0 Å². The van der Waals surface area contributed by atoms with Crippen LogP contribution in [-0.2, 0) is 0 Å². The molecule has 3 N–H and O–H groups in total. The summed E-state index contributed by atoms with van der Waals surface area (Å²) in [5.41, 5.74) is 8.12. The predicted molar refractivity (Wildman–Crippen MR) is 86.4 cm³/mol. The predicted octanol–water partition coefficient (Wildman–Crippen LogP) is 3.64. The van der Waals surface area contributed by atoms with E-state index in [0.717, 1.165) is 16.3 Å². The lowest BCUT2D eigenvalue weighted by Gasteiger charge is -2.01. The molecule has 2 aromatic carbocycles. The second-order valence-corrected chi connectivity index (χ2v) is 5.51. The Labute approximate surface area is 126 Å². The van der Waals surface area contributed by atoms with Crippen LogP contribution in [0.4, 0.5) is 11.4 Å². The minimum Gasteiger partial charge on any atom is -0.399 e. The van der Waals surface area contributed by atoms with E-state index in [9.17, 15) is 4.79 Å². The van der Waals surface area contributed by atoms with E-state index in [-0.39, 0.29) is 5.91 Å². The molecule has 0 atom stereocenters. The number of rotatable bonds is 3. The van der Waals surface area contributed by atoms with Gasteiger partial charge in [-0.1, -0.05) is 30.3 Å². The van der Waals surface area contributed by atoms with Gasteiger partial charge in [0, 0.05) is 16.9 Å². The summed E-state index contributed by atoms with van der Waals surface area (Å²) in [5, 5.41) is 3.62. The van der Waals surface area contributed by atoms with Crippen molar-refractivity contribution in [2.45, 2.75) is 0 Å². The fraction of sp³-hybridized carbons (Fsp3) is 0. The first-order chi connectivity index (χ1) is 10.2. The summed E-state index contributed by atoms with van der Waals surface area (Å²) in [6.45, 7) is 0. The molecule has 0 bridgehead atoms. The smallest absolute Gasteiger partial charge is 0.267 e. The van der Waals surface area contributed by atoms with Crippen molar-refractivity contribution in [3.8, 4) is 10.6 Å². The topological polar surface area (TPSA) is 68.0 Å². The SMILES string of the molecule is Nc1cccc(-c2ncc(C(=O)Nc3ccccc3)s2)c1. The minimum atomic E-state index is -0.158. The molecule has 104 valence electrons. The van der Waals surface area contributed by atoms with Gasteiger partial charge >= 0.3 is 0 Å². The fourth-order valence-electron chi connectivity index (χ4n) is 1.90. The van der Waals surface area contributed by atoms with E-state index in [2.05, 4.69) is 10.3 Å². The number of carbonyl (C=O) groups is 1. The van der Waals surface area contributed by atoms with Crippen molar-refractivity contribution in [3.05, 3.63) is 65.7 Å². The molecule has 0 saturated carbocycles. The highest BCUT2D eigenvalue weighted by atomic mass is 32.1. The van der Waals surface area contributed by atoms with E-state index < -0.39 is 0 Å². The van der Waals surface area contributed by atoms with Gasteiger partial charge < -0.3 is 11.1 Å². The van der Waals surface area contributed by atoms with Gasteiger partial charge in [-0.15, -0.1) is 11.3 Å². The number of carbonyl (C=O) groups excluding carboxylic acids is 1. The van der Waals surface area contributed by atoms with Crippen LogP contribution < -0.4 is 11.1 Å². The maximum Gasteiger partial charge on any atom is 0.267 e. The summed E-state index contributed by atoms with van der Waals surface area (Å²) < 4.78 is 0. The fourth-order valence-corrected chi connectivity index (χ4v) is 2.71. The zero-order valence-electron chi connectivity index (χ0n) is 11.1. The number of amides is 1. The Kier molecular flexibility index (Phi) is 3.66. The van der Waals surface area contributed by atoms with E-state index in [1.54, 1.807) is 6.20 Å². The Hall–Kier alpha value is -2.66. The van der Waals surface area contributed by atoms with E-state index in [4.69, 9.17) is 5.73 Å². The Morgan fingerprint density at radius 1 is 1.10 bits per heavy atom. The van der Waals surface area contributed by atoms with Crippen LogP contribution in [0.2, 0.25) is 0 Å². The number of nitrogens with one attached hydrogen (secondary N) is 1. The molecule has 21 heavy (non-hydrogen) atoms. The highest BCUT2D eigenvalue weighted by molar-refractivity contribution is 7.17. The summed E-state index contributed by atoms with van der Waals surface area (Å²) in [5.74, 6) is -0.158. The van der Waals surface area contributed by atoms with Crippen molar-refractivity contribution in [1.82, 2.24) is 4.98 Å². The lowest BCUT2D eigenvalue weighted by atomic mass is 10.2. The normalized spacial score (nSPS) is 10.3. The monoisotopic (exact) mass is 295 g/mol. The van der Waals surface area contributed by atoms with Gasteiger partial charge in [-0.2, -0.15) is 0 Å². The molecule has 1 heterocycles. The Morgan fingerprint density at radius 2 is 1.90 bits per heavy atom. The molecular formula is C16H13N3OS. The van der Waals surface area contributed by atoms with E-state index in [1.807, 2.05) is 54.6 Å². The second kappa shape index (κ2) is 5.76. The van der Waals surface area contributed by atoms with Gasteiger partial charge in [-0.05, 0) is 24.3 Å². The maximum absolute atomic E-state index is 12.2. The lowest BCUT2D eigenvalue weighted by molar-refractivity contribution is 0.103. The molecule has 5 heteroatoms. The number of thiazole rings is 1. The average Bonchev–Trinajstić information content (AvgIpc) is 2.98. The van der Waals surface area contributed by atoms with Gasteiger partial charge in [0.1, 0.15) is 9.88 Å². The second-order valence-electron chi connectivity index (χ2n) is 4.48. The number of anilines is 2. The molecule has 0 aliphatic carbocycles. The number of nitrogens with zero attached hydrogens (tertiary/aromatic N) is 1. The molecule has 1 amide bonds. The first-order valence-electron chi connectivity index (χ1n) is 6.40. The van der Waals surface area contributed by atoms with Gasteiger partial charge in [-0.3, -0.25) is 4.79 Å². The van der Waals surface area contributed by atoms with E-state index in [0.29, 0.717) is 10.6 Å². The number of nitrogens with two attached hydrogens (primary N) is 1. The third-order valence-corrected chi connectivity index (χ3v) is 3.94. The summed E-state index contributed by atoms with van der Waals surface area (Å²) in [7, 11) is 0. The quantitative estimate of drug-likeness (QED) is 0.725.